The minimum absolute atomic E-state index is 0.0429. The summed E-state index contributed by atoms with van der Waals surface area (Å²) in [6, 6.07) is 11.0. The maximum absolute atomic E-state index is 12.6. The van der Waals surface area contributed by atoms with Gasteiger partial charge in [0.2, 0.25) is 0 Å². The van der Waals surface area contributed by atoms with Crippen LogP contribution in [0.2, 0.25) is 0 Å². The van der Waals surface area contributed by atoms with E-state index in [1.165, 1.54) is 11.3 Å². The highest BCUT2D eigenvalue weighted by atomic mass is 32.2. The van der Waals surface area contributed by atoms with Gasteiger partial charge in [0.25, 0.3) is 5.91 Å². The van der Waals surface area contributed by atoms with Crippen LogP contribution >= 0.6 is 11.3 Å². The van der Waals surface area contributed by atoms with Crippen molar-refractivity contribution in [3.05, 3.63) is 53.2 Å². The number of hydrogen-bond acceptors (Lipinski definition) is 6. The Morgan fingerprint density at radius 3 is 2.70 bits per heavy atom. The van der Waals surface area contributed by atoms with Crippen LogP contribution < -0.4 is 5.32 Å². The van der Waals surface area contributed by atoms with Gasteiger partial charge in [-0.3, -0.25) is 14.8 Å². The number of nitrogens with one attached hydrogen (secondary N) is 1. The van der Waals surface area contributed by atoms with E-state index >= 15 is 0 Å². The summed E-state index contributed by atoms with van der Waals surface area (Å²) in [4.78, 5) is 16.9. The molecule has 0 spiro atoms. The molecule has 1 atom stereocenters. The summed E-state index contributed by atoms with van der Waals surface area (Å²) in [7, 11) is -3.07. The molecule has 1 saturated heterocycles. The molecular formula is C18H18N4O3S2. The molecule has 0 unspecified atom stereocenters. The number of thiazole rings is 1. The number of anilines is 1. The molecular weight excluding hydrogens is 384 g/mol. The lowest BCUT2D eigenvalue weighted by Crippen LogP contribution is -2.16. The number of rotatable bonds is 4. The molecule has 1 N–H and O–H groups in total. The quantitative estimate of drug-likeness (QED) is 0.724. The summed E-state index contributed by atoms with van der Waals surface area (Å²) >= 11 is 1.35. The molecule has 27 heavy (non-hydrogen) atoms. The second-order valence-corrected chi connectivity index (χ2v) is 9.62. The van der Waals surface area contributed by atoms with Gasteiger partial charge >= 0.3 is 0 Å². The highest BCUT2D eigenvalue weighted by Crippen LogP contribution is 2.30. The first-order valence-corrected chi connectivity index (χ1v) is 11.2. The average Bonchev–Trinajstić information content (AvgIpc) is 3.34. The lowest BCUT2D eigenvalue weighted by atomic mass is 10.1. The maximum Gasteiger partial charge on any atom is 0.277 e. The third kappa shape index (κ3) is 3.79. The number of sulfone groups is 1. The van der Waals surface area contributed by atoms with Gasteiger partial charge in [0.15, 0.2) is 20.7 Å². The van der Waals surface area contributed by atoms with Crippen molar-refractivity contribution in [2.75, 3.05) is 16.8 Å². The second-order valence-electron chi connectivity index (χ2n) is 6.53. The molecule has 0 saturated carbocycles. The molecule has 0 bridgehead atoms. The fourth-order valence-electron chi connectivity index (χ4n) is 3.15. The smallest absolute Gasteiger partial charge is 0.277 e. The van der Waals surface area contributed by atoms with E-state index in [-0.39, 0.29) is 29.1 Å². The van der Waals surface area contributed by atoms with Crippen LogP contribution in [0.5, 0.6) is 0 Å². The summed E-state index contributed by atoms with van der Waals surface area (Å²) in [5, 5.41) is 9.57. The van der Waals surface area contributed by atoms with Gasteiger partial charge in [0.05, 0.1) is 28.9 Å². The first-order valence-electron chi connectivity index (χ1n) is 8.50. The summed E-state index contributed by atoms with van der Waals surface area (Å²) in [5.74, 6) is -0.173. The topological polar surface area (TPSA) is 94.0 Å². The van der Waals surface area contributed by atoms with Crippen molar-refractivity contribution < 1.29 is 13.2 Å². The van der Waals surface area contributed by atoms with Crippen molar-refractivity contribution in [2.45, 2.75) is 19.4 Å². The minimum Gasteiger partial charge on any atom is -0.296 e. The van der Waals surface area contributed by atoms with E-state index in [0.717, 1.165) is 17.0 Å². The molecule has 7 nitrogen and oxygen atoms in total. The standard InChI is InChI=1S/C18H18N4O3S2/c1-12-10-26-18(19-12)20-17(23)15-9-16(13-5-3-2-4-6-13)22(21-15)14-7-8-27(24,25)11-14/h2-6,9-10,14H,7-8,11H2,1H3,(H,19,20,23)/t14-/m0/s1. The van der Waals surface area contributed by atoms with Crippen LogP contribution in [0.25, 0.3) is 11.3 Å². The summed E-state index contributed by atoms with van der Waals surface area (Å²) in [6.45, 7) is 1.86. The van der Waals surface area contributed by atoms with Crippen LogP contribution in [0.4, 0.5) is 5.13 Å². The SMILES string of the molecule is Cc1csc(NC(=O)c2cc(-c3ccccc3)n([C@H]3CCS(=O)(=O)C3)n2)n1. The average molecular weight is 403 g/mol. The lowest BCUT2D eigenvalue weighted by Gasteiger charge is -2.13. The van der Waals surface area contributed by atoms with Gasteiger partial charge in [-0.1, -0.05) is 30.3 Å². The Kier molecular flexibility index (Phi) is 4.56. The van der Waals surface area contributed by atoms with Gasteiger partial charge in [0, 0.05) is 5.38 Å². The van der Waals surface area contributed by atoms with Crippen molar-refractivity contribution in [3.63, 3.8) is 0 Å². The second kappa shape index (κ2) is 6.90. The van der Waals surface area contributed by atoms with Gasteiger partial charge in [-0.15, -0.1) is 11.3 Å². The molecule has 1 aromatic carbocycles. The number of aryl methyl sites for hydroxylation is 1. The van der Waals surface area contributed by atoms with E-state index < -0.39 is 9.84 Å². The zero-order valence-electron chi connectivity index (χ0n) is 14.6. The highest BCUT2D eigenvalue weighted by Gasteiger charge is 2.32. The lowest BCUT2D eigenvalue weighted by molar-refractivity contribution is 0.102. The van der Waals surface area contributed by atoms with Crippen molar-refractivity contribution in [2.24, 2.45) is 0 Å². The van der Waals surface area contributed by atoms with Gasteiger partial charge in [-0.2, -0.15) is 5.10 Å². The number of carbonyl (C=O) groups excluding carboxylic acids is 1. The van der Waals surface area contributed by atoms with E-state index in [4.69, 9.17) is 0 Å². The zero-order chi connectivity index (χ0) is 19.0. The minimum atomic E-state index is -3.07. The molecule has 140 valence electrons. The van der Waals surface area contributed by atoms with Crippen LogP contribution in [0.15, 0.2) is 41.8 Å². The summed E-state index contributed by atoms with van der Waals surface area (Å²) in [6.07, 6.45) is 0.497. The monoisotopic (exact) mass is 402 g/mol. The van der Waals surface area contributed by atoms with Gasteiger partial charge in [0.1, 0.15) is 0 Å². The van der Waals surface area contributed by atoms with E-state index in [1.807, 2.05) is 42.6 Å². The number of nitrogens with zero attached hydrogens (tertiary/aromatic N) is 3. The van der Waals surface area contributed by atoms with Gasteiger partial charge in [-0.05, 0) is 25.0 Å². The summed E-state index contributed by atoms with van der Waals surface area (Å²) in [5.41, 5.74) is 2.70. The van der Waals surface area contributed by atoms with Gasteiger partial charge < -0.3 is 0 Å². The third-order valence-corrected chi connectivity index (χ3v) is 7.06. The van der Waals surface area contributed by atoms with Crippen LogP contribution in [-0.2, 0) is 9.84 Å². The van der Waals surface area contributed by atoms with Crippen LogP contribution in [-0.4, -0.2) is 40.6 Å². The molecule has 1 amide bonds. The third-order valence-electron chi connectivity index (χ3n) is 4.43. The Bertz CT molecular complexity index is 1090. The van der Waals surface area contributed by atoms with Crippen LogP contribution in [0.1, 0.15) is 28.6 Å². The molecule has 1 fully saturated rings. The molecule has 1 aliphatic rings. The zero-order valence-corrected chi connectivity index (χ0v) is 16.3. The maximum atomic E-state index is 12.6. The molecule has 0 aliphatic carbocycles. The fraction of sp³-hybridized carbons (Fsp3) is 0.278. The Morgan fingerprint density at radius 1 is 1.30 bits per heavy atom. The Hall–Kier alpha value is -2.52. The molecule has 3 aromatic rings. The van der Waals surface area contributed by atoms with E-state index in [2.05, 4.69) is 15.4 Å². The fourth-order valence-corrected chi connectivity index (χ4v) is 5.52. The Morgan fingerprint density at radius 2 is 2.07 bits per heavy atom. The number of benzene rings is 1. The van der Waals surface area contributed by atoms with E-state index in [0.29, 0.717) is 11.6 Å². The van der Waals surface area contributed by atoms with E-state index in [9.17, 15) is 13.2 Å². The molecule has 9 heteroatoms. The number of amides is 1. The predicted molar refractivity (Wildman–Crippen MR) is 105 cm³/mol. The normalized spacial score (nSPS) is 18.5. The largest absolute Gasteiger partial charge is 0.296 e. The summed E-state index contributed by atoms with van der Waals surface area (Å²) < 4.78 is 25.5. The van der Waals surface area contributed by atoms with Crippen molar-refractivity contribution in [1.29, 1.82) is 0 Å². The Labute approximate surface area is 161 Å². The van der Waals surface area contributed by atoms with Crippen LogP contribution in [0, 0.1) is 6.92 Å². The van der Waals surface area contributed by atoms with Crippen molar-refractivity contribution >= 4 is 32.2 Å². The predicted octanol–water partition coefficient (Wildman–Crippen LogP) is 2.93. The molecule has 0 radical (unpaired) electrons. The number of aromatic nitrogens is 3. The van der Waals surface area contributed by atoms with Crippen molar-refractivity contribution in [1.82, 2.24) is 14.8 Å². The first-order chi connectivity index (χ1) is 12.9. The molecule has 2 aromatic heterocycles. The van der Waals surface area contributed by atoms with Crippen molar-refractivity contribution in [3.8, 4) is 11.3 Å². The Balaban J connectivity index is 1.70. The van der Waals surface area contributed by atoms with E-state index in [1.54, 1.807) is 10.7 Å². The molecule has 1 aliphatic heterocycles. The molecule has 3 heterocycles. The first kappa shape index (κ1) is 17.9. The number of carbonyl (C=O) groups is 1. The van der Waals surface area contributed by atoms with Gasteiger partial charge in [-0.25, -0.2) is 13.4 Å². The van der Waals surface area contributed by atoms with Crippen LogP contribution in [0.3, 0.4) is 0 Å². The highest BCUT2D eigenvalue weighted by molar-refractivity contribution is 7.91. The number of hydrogen-bond donors (Lipinski definition) is 1. The molecule has 4 rings (SSSR count).